The Labute approximate surface area is 129 Å². The molecule has 6 heteroatoms. The van der Waals surface area contributed by atoms with Crippen molar-refractivity contribution < 1.29 is 9.84 Å². The number of aliphatic hydroxyl groups excluding tert-OH is 1. The normalized spacial score (nSPS) is 19.0. The number of halogens is 2. The van der Waals surface area contributed by atoms with Crippen molar-refractivity contribution in [2.75, 3.05) is 26.2 Å². The molecule has 2 rings (SSSR count). The van der Waals surface area contributed by atoms with E-state index in [-0.39, 0.29) is 6.61 Å². The van der Waals surface area contributed by atoms with E-state index in [1.807, 2.05) is 0 Å². The molecule has 1 fully saturated rings. The Bertz CT molecular complexity index is 417. The Morgan fingerprint density at radius 1 is 1.30 bits per heavy atom. The summed E-state index contributed by atoms with van der Waals surface area (Å²) in [6.45, 7) is 2.59. The third-order valence-corrected chi connectivity index (χ3v) is 4.04. The predicted octanol–water partition coefficient (Wildman–Crippen LogP) is 2.16. The van der Waals surface area contributed by atoms with Crippen LogP contribution in [-0.4, -0.2) is 48.4 Å². The molecule has 1 aliphatic rings. The lowest BCUT2D eigenvalue weighted by molar-refractivity contribution is 0.0598. The van der Waals surface area contributed by atoms with Crippen molar-refractivity contribution >= 4 is 23.2 Å². The summed E-state index contributed by atoms with van der Waals surface area (Å²) in [5.74, 6) is 0.426. The summed E-state index contributed by atoms with van der Waals surface area (Å²) in [4.78, 5) is 2.20. The maximum Gasteiger partial charge on any atom is 0.156 e. The van der Waals surface area contributed by atoms with Gasteiger partial charge in [0, 0.05) is 12.6 Å². The van der Waals surface area contributed by atoms with Crippen LogP contribution in [0.3, 0.4) is 0 Å². The van der Waals surface area contributed by atoms with Gasteiger partial charge >= 0.3 is 0 Å². The van der Waals surface area contributed by atoms with Gasteiger partial charge in [0.2, 0.25) is 0 Å². The maximum atomic E-state index is 10.0. The van der Waals surface area contributed by atoms with E-state index in [1.54, 1.807) is 18.2 Å². The second-order valence-electron chi connectivity index (χ2n) is 5.15. The molecular weight excluding hydrogens is 299 g/mol. The second kappa shape index (κ2) is 7.48. The summed E-state index contributed by atoms with van der Waals surface area (Å²) in [6, 6.07) is 5.47. The Balaban J connectivity index is 1.79. The molecule has 0 aliphatic carbocycles. The Morgan fingerprint density at radius 2 is 1.90 bits per heavy atom. The quantitative estimate of drug-likeness (QED) is 0.873. The van der Waals surface area contributed by atoms with Gasteiger partial charge in [0.15, 0.2) is 5.75 Å². The van der Waals surface area contributed by atoms with Crippen LogP contribution in [0.25, 0.3) is 0 Å². The molecule has 1 saturated heterocycles. The molecule has 1 unspecified atom stereocenters. The molecule has 1 heterocycles. The number of para-hydroxylation sites is 1. The maximum absolute atomic E-state index is 10.0. The van der Waals surface area contributed by atoms with Crippen molar-refractivity contribution in [1.29, 1.82) is 0 Å². The highest BCUT2D eigenvalue weighted by Gasteiger charge is 2.19. The zero-order chi connectivity index (χ0) is 14.5. The number of nitrogens with zero attached hydrogens (tertiary/aromatic N) is 1. The number of aliphatic hydroxyl groups is 1. The monoisotopic (exact) mass is 318 g/mol. The minimum atomic E-state index is -0.573. The number of nitrogens with two attached hydrogens (primary N) is 1. The van der Waals surface area contributed by atoms with Gasteiger partial charge < -0.3 is 20.5 Å². The van der Waals surface area contributed by atoms with E-state index in [0.717, 1.165) is 25.9 Å². The van der Waals surface area contributed by atoms with Crippen molar-refractivity contribution in [3.05, 3.63) is 28.2 Å². The number of hydrogen-bond acceptors (Lipinski definition) is 4. The first-order chi connectivity index (χ1) is 9.56. The van der Waals surface area contributed by atoms with Crippen LogP contribution in [0, 0.1) is 0 Å². The van der Waals surface area contributed by atoms with Gasteiger partial charge in [0.1, 0.15) is 12.7 Å². The molecule has 0 aromatic heterocycles. The molecule has 0 amide bonds. The average Bonchev–Trinajstić information content (AvgIpc) is 2.41. The van der Waals surface area contributed by atoms with E-state index in [1.165, 1.54) is 0 Å². The smallest absolute Gasteiger partial charge is 0.156 e. The minimum absolute atomic E-state index is 0.173. The molecule has 1 aliphatic heterocycles. The van der Waals surface area contributed by atoms with E-state index >= 15 is 0 Å². The highest BCUT2D eigenvalue weighted by molar-refractivity contribution is 6.37. The fourth-order valence-corrected chi connectivity index (χ4v) is 2.79. The van der Waals surface area contributed by atoms with Gasteiger partial charge in [-0.3, -0.25) is 0 Å². The number of ether oxygens (including phenoxy) is 1. The van der Waals surface area contributed by atoms with Gasteiger partial charge in [-0.2, -0.15) is 0 Å². The third-order valence-electron chi connectivity index (χ3n) is 3.44. The topological polar surface area (TPSA) is 58.7 Å². The number of piperidine rings is 1. The minimum Gasteiger partial charge on any atom is -0.488 e. The molecule has 1 aromatic carbocycles. The SMILES string of the molecule is NC1CCN(CC(O)COc2c(Cl)cccc2Cl)CC1. The van der Waals surface area contributed by atoms with Crippen LogP contribution in [0.1, 0.15) is 12.8 Å². The molecule has 3 N–H and O–H groups in total. The van der Waals surface area contributed by atoms with Gasteiger partial charge in [0.05, 0.1) is 10.0 Å². The number of β-amino-alcohol motifs (C(OH)–C–C–N with tert-alkyl or cyclic N) is 1. The van der Waals surface area contributed by atoms with Crippen LogP contribution in [0.4, 0.5) is 0 Å². The lowest BCUT2D eigenvalue weighted by atomic mass is 10.1. The van der Waals surface area contributed by atoms with E-state index in [2.05, 4.69) is 4.90 Å². The van der Waals surface area contributed by atoms with Gasteiger partial charge in [-0.15, -0.1) is 0 Å². The summed E-state index contributed by atoms with van der Waals surface area (Å²) in [6.07, 6.45) is 1.38. The summed E-state index contributed by atoms with van der Waals surface area (Å²) < 4.78 is 5.53. The molecule has 0 radical (unpaired) electrons. The van der Waals surface area contributed by atoms with Gasteiger partial charge in [-0.1, -0.05) is 29.3 Å². The van der Waals surface area contributed by atoms with E-state index in [0.29, 0.717) is 28.4 Å². The second-order valence-corrected chi connectivity index (χ2v) is 5.97. The fraction of sp³-hybridized carbons (Fsp3) is 0.571. The Kier molecular flexibility index (Phi) is 5.93. The summed E-state index contributed by atoms with van der Waals surface area (Å²) >= 11 is 12.0. The largest absolute Gasteiger partial charge is 0.488 e. The summed E-state index contributed by atoms with van der Waals surface area (Å²) in [7, 11) is 0. The molecule has 112 valence electrons. The fourth-order valence-electron chi connectivity index (χ4n) is 2.29. The number of benzene rings is 1. The third kappa shape index (κ3) is 4.50. The summed E-state index contributed by atoms with van der Waals surface area (Å²) in [5, 5.41) is 10.9. The van der Waals surface area contributed by atoms with E-state index in [9.17, 15) is 5.11 Å². The first-order valence-electron chi connectivity index (χ1n) is 6.79. The zero-order valence-electron chi connectivity index (χ0n) is 11.3. The standard InChI is InChI=1S/C14H20Cl2N2O2/c15-12-2-1-3-13(16)14(12)20-9-11(19)8-18-6-4-10(17)5-7-18/h1-3,10-11,19H,4-9,17H2. The first kappa shape index (κ1) is 15.9. The molecule has 0 spiro atoms. The van der Waals surface area contributed by atoms with Crippen molar-refractivity contribution in [3.8, 4) is 5.75 Å². The van der Waals surface area contributed by atoms with Crippen LogP contribution in [0.5, 0.6) is 5.75 Å². The van der Waals surface area contributed by atoms with Crippen LogP contribution in [0.15, 0.2) is 18.2 Å². The molecule has 0 saturated carbocycles. The highest BCUT2D eigenvalue weighted by atomic mass is 35.5. The average molecular weight is 319 g/mol. The van der Waals surface area contributed by atoms with Crippen LogP contribution >= 0.6 is 23.2 Å². The van der Waals surface area contributed by atoms with Crippen molar-refractivity contribution in [2.24, 2.45) is 5.73 Å². The molecule has 4 nitrogen and oxygen atoms in total. The highest BCUT2D eigenvalue weighted by Crippen LogP contribution is 2.32. The molecule has 20 heavy (non-hydrogen) atoms. The van der Waals surface area contributed by atoms with Gasteiger partial charge in [0.25, 0.3) is 0 Å². The van der Waals surface area contributed by atoms with Crippen molar-refractivity contribution in [1.82, 2.24) is 4.90 Å². The van der Waals surface area contributed by atoms with Crippen LogP contribution in [0.2, 0.25) is 10.0 Å². The Morgan fingerprint density at radius 3 is 2.50 bits per heavy atom. The van der Waals surface area contributed by atoms with E-state index < -0.39 is 6.10 Å². The number of hydrogen-bond donors (Lipinski definition) is 2. The lowest BCUT2D eigenvalue weighted by Crippen LogP contribution is -2.44. The zero-order valence-corrected chi connectivity index (χ0v) is 12.8. The van der Waals surface area contributed by atoms with E-state index in [4.69, 9.17) is 33.7 Å². The van der Waals surface area contributed by atoms with Gasteiger partial charge in [-0.25, -0.2) is 0 Å². The number of rotatable bonds is 5. The van der Waals surface area contributed by atoms with Crippen LogP contribution < -0.4 is 10.5 Å². The van der Waals surface area contributed by atoms with Crippen LogP contribution in [-0.2, 0) is 0 Å². The molecule has 0 bridgehead atoms. The predicted molar refractivity (Wildman–Crippen MR) is 81.6 cm³/mol. The summed E-state index contributed by atoms with van der Waals surface area (Å²) in [5.41, 5.74) is 5.85. The molecule has 1 aromatic rings. The first-order valence-corrected chi connectivity index (χ1v) is 7.54. The van der Waals surface area contributed by atoms with Crippen molar-refractivity contribution in [3.63, 3.8) is 0 Å². The lowest BCUT2D eigenvalue weighted by Gasteiger charge is -2.31. The van der Waals surface area contributed by atoms with Crippen molar-refractivity contribution in [2.45, 2.75) is 25.0 Å². The Hall–Kier alpha value is -0.520. The molecular formula is C14H20Cl2N2O2. The number of likely N-dealkylation sites (tertiary alicyclic amines) is 1. The van der Waals surface area contributed by atoms with Gasteiger partial charge in [-0.05, 0) is 38.1 Å². The molecule has 1 atom stereocenters.